The lowest BCUT2D eigenvalue weighted by Gasteiger charge is -2.08. The van der Waals surface area contributed by atoms with Crippen molar-refractivity contribution in [3.8, 4) is 17.1 Å². The first-order valence-electron chi connectivity index (χ1n) is 10.5. The van der Waals surface area contributed by atoms with Crippen LogP contribution in [0.1, 0.15) is 17.0 Å². The van der Waals surface area contributed by atoms with Crippen LogP contribution in [0.25, 0.3) is 11.4 Å². The Balaban J connectivity index is 1.23. The third-order valence-electron chi connectivity index (χ3n) is 5.16. The third kappa shape index (κ3) is 5.61. The molecule has 1 unspecified atom stereocenters. The molecule has 1 aromatic heterocycles. The minimum atomic E-state index is -0.373. The van der Waals surface area contributed by atoms with Gasteiger partial charge in [-0.25, -0.2) is 4.98 Å². The van der Waals surface area contributed by atoms with Gasteiger partial charge in [0.15, 0.2) is 6.61 Å². The van der Waals surface area contributed by atoms with Gasteiger partial charge in [-0.1, -0.05) is 59.4 Å². The molecule has 1 saturated heterocycles. The maximum atomic E-state index is 11.7. The zero-order chi connectivity index (χ0) is 23.2. The van der Waals surface area contributed by atoms with E-state index in [1.54, 1.807) is 6.21 Å². The maximum Gasteiger partial charge on any atom is 0.286 e. The van der Waals surface area contributed by atoms with Crippen molar-refractivity contribution in [2.24, 2.45) is 12.2 Å². The summed E-state index contributed by atoms with van der Waals surface area (Å²) in [4.78, 5) is 32.9. The quantitative estimate of drug-likeness (QED) is 0.295. The number of thioether (sulfide) groups is 1. The molecule has 1 fully saturated rings. The predicted molar refractivity (Wildman–Crippen MR) is 127 cm³/mol. The molecule has 33 heavy (non-hydrogen) atoms. The SMILES string of the molecule is Cc1nc(-c2ccccc2)n(C)c1/C=N/OCCOc1ccc(CC2SC(=O)NC2=O)cc1. The summed E-state index contributed by atoms with van der Waals surface area (Å²) in [7, 11) is 1.95. The Bertz CT molecular complexity index is 1160. The fourth-order valence-electron chi connectivity index (χ4n) is 3.47. The number of hydrogen-bond acceptors (Lipinski definition) is 7. The summed E-state index contributed by atoms with van der Waals surface area (Å²) >= 11 is 1.03. The molecule has 9 heteroatoms. The van der Waals surface area contributed by atoms with E-state index in [0.29, 0.717) is 25.4 Å². The number of carbonyl (C=O) groups is 2. The molecule has 1 aliphatic rings. The largest absolute Gasteiger partial charge is 0.490 e. The molecule has 1 atom stereocenters. The molecule has 1 N–H and O–H groups in total. The number of oxime groups is 1. The van der Waals surface area contributed by atoms with E-state index in [-0.39, 0.29) is 16.4 Å². The number of rotatable bonds is 9. The summed E-state index contributed by atoms with van der Waals surface area (Å²) in [6, 6.07) is 17.4. The molecule has 0 aliphatic carbocycles. The van der Waals surface area contributed by atoms with Crippen LogP contribution in [0, 0.1) is 6.92 Å². The molecule has 1 aliphatic heterocycles. The van der Waals surface area contributed by atoms with Crippen molar-refractivity contribution in [2.75, 3.05) is 13.2 Å². The number of nitrogens with one attached hydrogen (secondary N) is 1. The summed E-state index contributed by atoms with van der Waals surface area (Å²) in [5, 5.41) is 5.69. The summed E-state index contributed by atoms with van der Waals surface area (Å²) < 4.78 is 7.66. The number of aryl methyl sites for hydroxylation is 1. The van der Waals surface area contributed by atoms with Gasteiger partial charge in [0.25, 0.3) is 5.24 Å². The van der Waals surface area contributed by atoms with Crippen LogP contribution in [0.4, 0.5) is 4.79 Å². The minimum Gasteiger partial charge on any atom is -0.490 e. The van der Waals surface area contributed by atoms with Gasteiger partial charge < -0.3 is 14.1 Å². The van der Waals surface area contributed by atoms with Crippen LogP contribution in [0.2, 0.25) is 0 Å². The molecular formula is C24H24N4O4S. The molecule has 0 radical (unpaired) electrons. The van der Waals surface area contributed by atoms with Gasteiger partial charge in [0, 0.05) is 12.6 Å². The monoisotopic (exact) mass is 464 g/mol. The van der Waals surface area contributed by atoms with Crippen molar-refractivity contribution in [2.45, 2.75) is 18.6 Å². The highest BCUT2D eigenvalue weighted by atomic mass is 32.2. The van der Waals surface area contributed by atoms with E-state index >= 15 is 0 Å². The Morgan fingerprint density at radius 1 is 1.12 bits per heavy atom. The van der Waals surface area contributed by atoms with Crippen molar-refractivity contribution < 1.29 is 19.2 Å². The molecule has 4 rings (SSSR count). The topological polar surface area (TPSA) is 94.8 Å². The van der Waals surface area contributed by atoms with Crippen molar-refractivity contribution >= 4 is 29.1 Å². The Morgan fingerprint density at radius 2 is 1.88 bits per heavy atom. The maximum absolute atomic E-state index is 11.7. The second-order valence-electron chi connectivity index (χ2n) is 7.48. The van der Waals surface area contributed by atoms with Crippen molar-refractivity contribution in [3.05, 3.63) is 71.5 Å². The van der Waals surface area contributed by atoms with E-state index in [2.05, 4.69) is 15.5 Å². The number of nitrogens with zero attached hydrogens (tertiary/aromatic N) is 3. The predicted octanol–water partition coefficient (Wildman–Crippen LogP) is 3.72. The Kier molecular flexibility index (Phi) is 7.09. The average Bonchev–Trinajstić information content (AvgIpc) is 3.29. The molecule has 2 heterocycles. The zero-order valence-electron chi connectivity index (χ0n) is 18.4. The summed E-state index contributed by atoms with van der Waals surface area (Å²) in [6.45, 7) is 2.57. The standard InChI is InChI=1S/C24H24N4O4S/c1-16-20(28(2)22(26-16)18-6-4-3-5-7-18)15-25-32-13-12-31-19-10-8-17(9-11-19)14-21-23(29)27-24(30)33-21/h3-11,15,21H,12-14H2,1-2H3,(H,27,29,30)/b25-15+. The molecule has 8 nitrogen and oxygen atoms in total. The Morgan fingerprint density at radius 3 is 2.58 bits per heavy atom. The summed E-state index contributed by atoms with van der Waals surface area (Å²) in [5.41, 5.74) is 3.76. The van der Waals surface area contributed by atoms with Crippen molar-refractivity contribution in [3.63, 3.8) is 0 Å². The third-order valence-corrected chi connectivity index (χ3v) is 6.14. The van der Waals surface area contributed by atoms with Gasteiger partial charge in [-0.3, -0.25) is 14.9 Å². The number of benzene rings is 2. The molecule has 2 aromatic carbocycles. The van der Waals surface area contributed by atoms with E-state index in [9.17, 15) is 9.59 Å². The number of ether oxygens (including phenoxy) is 1. The highest BCUT2D eigenvalue weighted by molar-refractivity contribution is 8.15. The smallest absolute Gasteiger partial charge is 0.286 e. The van der Waals surface area contributed by atoms with Crippen LogP contribution in [0.15, 0.2) is 59.8 Å². The van der Waals surface area contributed by atoms with Gasteiger partial charge in [0.05, 0.1) is 22.9 Å². The summed E-state index contributed by atoms with van der Waals surface area (Å²) in [5.74, 6) is 1.33. The highest BCUT2D eigenvalue weighted by Crippen LogP contribution is 2.24. The van der Waals surface area contributed by atoms with Crippen LogP contribution in [0.5, 0.6) is 5.75 Å². The number of imide groups is 1. The fourth-order valence-corrected chi connectivity index (χ4v) is 4.33. The van der Waals surface area contributed by atoms with Crippen LogP contribution >= 0.6 is 11.8 Å². The van der Waals surface area contributed by atoms with E-state index in [1.165, 1.54) is 0 Å². The Hall–Kier alpha value is -3.59. The number of carbonyl (C=O) groups excluding carboxylic acids is 2. The molecule has 2 amide bonds. The van der Waals surface area contributed by atoms with Crippen LogP contribution in [-0.2, 0) is 23.1 Å². The van der Waals surface area contributed by atoms with E-state index in [0.717, 1.165) is 40.1 Å². The number of hydrogen-bond donors (Lipinski definition) is 1. The molecule has 3 aromatic rings. The fraction of sp³-hybridized carbons (Fsp3) is 0.250. The van der Waals surface area contributed by atoms with Crippen molar-refractivity contribution in [1.82, 2.24) is 14.9 Å². The molecule has 0 spiro atoms. The zero-order valence-corrected chi connectivity index (χ0v) is 19.2. The van der Waals surface area contributed by atoms with Gasteiger partial charge in [-0.2, -0.15) is 0 Å². The lowest BCUT2D eigenvalue weighted by Crippen LogP contribution is -2.25. The van der Waals surface area contributed by atoms with E-state index < -0.39 is 0 Å². The lowest BCUT2D eigenvalue weighted by atomic mass is 10.1. The second-order valence-corrected chi connectivity index (χ2v) is 8.65. The van der Waals surface area contributed by atoms with Crippen LogP contribution < -0.4 is 10.1 Å². The lowest BCUT2D eigenvalue weighted by molar-refractivity contribution is -0.118. The molecule has 170 valence electrons. The molecule has 0 saturated carbocycles. The molecule has 0 bridgehead atoms. The van der Waals surface area contributed by atoms with E-state index in [4.69, 9.17) is 9.57 Å². The molecular weight excluding hydrogens is 440 g/mol. The number of amides is 2. The number of aromatic nitrogens is 2. The van der Waals surface area contributed by atoms with Crippen LogP contribution in [-0.4, -0.2) is 45.4 Å². The first kappa shape index (κ1) is 22.6. The summed E-state index contributed by atoms with van der Waals surface area (Å²) in [6.07, 6.45) is 2.16. The van der Waals surface area contributed by atoms with Crippen LogP contribution in [0.3, 0.4) is 0 Å². The van der Waals surface area contributed by atoms with E-state index in [1.807, 2.05) is 73.1 Å². The minimum absolute atomic E-state index is 0.236. The Labute approximate surface area is 196 Å². The first-order valence-corrected chi connectivity index (χ1v) is 11.4. The average molecular weight is 465 g/mol. The normalized spacial score (nSPS) is 15.8. The van der Waals surface area contributed by atoms with Gasteiger partial charge in [-0.05, 0) is 31.0 Å². The van der Waals surface area contributed by atoms with Gasteiger partial charge in [0.1, 0.15) is 18.2 Å². The number of imidazole rings is 1. The van der Waals surface area contributed by atoms with Crippen molar-refractivity contribution in [1.29, 1.82) is 0 Å². The highest BCUT2D eigenvalue weighted by Gasteiger charge is 2.31. The van der Waals surface area contributed by atoms with Gasteiger partial charge >= 0.3 is 0 Å². The van der Waals surface area contributed by atoms with Gasteiger partial charge in [0.2, 0.25) is 5.91 Å². The first-order chi connectivity index (χ1) is 16.0. The second kappa shape index (κ2) is 10.4. The van der Waals surface area contributed by atoms with Gasteiger partial charge in [-0.15, -0.1) is 0 Å².